The highest BCUT2D eigenvalue weighted by Gasteiger charge is 2.10. The molecule has 0 atom stereocenters. The molecule has 0 aliphatic heterocycles. The van der Waals surface area contributed by atoms with Gasteiger partial charge < -0.3 is 10.4 Å². The SMILES string of the molecule is O=C(O)CCNCc1cc(F)c(F)c(F)c1. The van der Waals surface area contributed by atoms with E-state index in [-0.39, 0.29) is 25.1 Å². The molecule has 16 heavy (non-hydrogen) atoms. The molecule has 0 saturated heterocycles. The van der Waals surface area contributed by atoms with E-state index >= 15 is 0 Å². The average molecular weight is 233 g/mol. The Labute approximate surface area is 89.9 Å². The number of carbonyl (C=O) groups is 1. The molecular weight excluding hydrogens is 223 g/mol. The summed E-state index contributed by atoms with van der Waals surface area (Å²) < 4.78 is 38.0. The minimum absolute atomic E-state index is 0.0847. The van der Waals surface area contributed by atoms with Gasteiger partial charge in [-0.1, -0.05) is 0 Å². The summed E-state index contributed by atoms with van der Waals surface area (Å²) in [4.78, 5) is 10.2. The van der Waals surface area contributed by atoms with Crippen molar-refractivity contribution in [2.24, 2.45) is 0 Å². The van der Waals surface area contributed by atoms with E-state index in [1.54, 1.807) is 0 Å². The van der Waals surface area contributed by atoms with E-state index in [9.17, 15) is 18.0 Å². The summed E-state index contributed by atoms with van der Waals surface area (Å²) in [5.41, 5.74) is 0.224. The van der Waals surface area contributed by atoms with E-state index in [0.29, 0.717) is 0 Å². The molecule has 0 saturated carbocycles. The van der Waals surface area contributed by atoms with Crippen LogP contribution in [0.1, 0.15) is 12.0 Å². The predicted molar refractivity (Wildman–Crippen MR) is 50.3 cm³/mol. The molecule has 0 bridgehead atoms. The second-order valence-corrected chi connectivity index (χ2v) is 3.19. The second-order valence-electron chi connectivity index (χ2n) is 3.19. The highest BCUT2D eigenvalue weighted by molar-refractivity contribution is 5.66. The summed E-state index contributed by atoms with van der Waals surface area (Å²) in [6, 6.07) is 1.73. The number of benzene rings is 1. The van der Waals surface area contributed by atoms with Crippen LogP contribution in [0.4, 0.5) is 13.2 Å². The number of carboxylic acids is 1. The van der Waals surface area contributed by atoms with E-state index in [1.165, 1.54) is 0 Å². The molecular formula is C10H10F3NO2. The monoisotopic (exact) mass is 233 g/mol. The van der Waals surface area contributed by atoms with Gasteiger partial charge in [-0.3, -0.25) is 4.79 Å². The lowest BCUT2D eigenvalue weighted by atomic mass is 10.2. The Morgan fingerprint density at radius 2 is 1.81 bits per heavy atom. The number of carboxylic acid groups (broad SMARTS) is 1. The van der Waals surface area contributed by atoms with Crippen LogP contribution in [-0.2, 0) is 11.3 Å². The standard InChI is InChI=1S/C10H10F3NO2/c11-7-3-6(4-8(12)10(7)13)5-14-2-1-9(15)16/h3-4,14H,1-2,5H2,(H,15,16). The van der Waals surface area contributed by atoms with E-state index in [1.807, 2.05) is 0 Å². The van der Waals surface area contributed by atoms with Crippen LogP contribution in [-0.4, -0.2) is 17.6 Å². The van der Waals surface area contributed by atoms with Gasteiger partial charge in [-0.05, 0) is 17.7 Å². The van der Waals surface area contributed by atoms with E-state index < -0.39 is 23.4 Å². The third-order valence-corrected chi connectivity index (χ3v) is 1.89. The molecule has 1 aromatic rings. The molecule has 88 valence electrons. The third kappa shape index (κ3) is 3.54. The van der Waals surface area contributed by atoms with Gasteiger partial charge in [-0.25, -0.2) is 13.2 Å². The lowest BCUT2D eigenvalue weighted by Gasteiger charge is -2.04. The van der Waals surface area contributed by atoms with Gasteiger partial charge in [0.15, 0.2) is 17.5 Å². The van der Waals surface area contributed by atoms with Crippen molar-refractivity contribution in [2.45, 2.75) is 13.0 Å². The quantitative estimate of drug-likeness (QED) is 0.600. The average Bonchev–Trinajstić information content (AvgIpc) is 2.20. The Balaban J connectivity index is 2.52. The fraction of sp³-hybridized carbons (Fsp3) is 0.300. The van der Waals surface area contributed by atoms with Gasteiger partial charge >= 0.3 is 5.97 Å². The summed E-state index contributed by atoms with van der Waals surface area (Å²) >= 11 is 0. The number of aliphatic carboxylic acids is 1. The Morgan fingerprint density at radius 1 is 1.25 bits per heavy atom. The Hall–Kier alpha value is -1.56. The number of nitrogens with one attached hydrogen (secondary N) is 1. The number of rotatable bonds is 5. The molecule has 0 aromatic heterocycles. The number of hydrogen-bond acceptors (Lipinski definition) is 2. The van der Waals surface area contributed by atoms with Crippen molar-refractivity contribution in [2.75, 3.05) is 6.54 Å². The maximum Gasteiger partial charge on any atom is 0.304 e. The molecule has 2 N–H and O–H groups in total. The molecule has 0 spiro atoms. The number of hydrogen-bond donors (Lipinski definition) is 2. The minimum Gasteiger partial charge on any atom is -0.481 e. The summed E-state index contributed by atoms with van der Waals surface area (Å²) in [6.07, 6.45) is -0.0911. The fourth-order valence-electron chi connectivity index (χ4n) is 1.14. The molecule has 1 rings (SSSR count). The van der Waals surface area contributed by atoms with Gasteiger partial charge in [-0.2, -0.15) is 0 Å². The van der Waals surface area contributed by atoms with Crippen molar-refractivity contribution in [1.82, 2.24) is 5.32 Å². The van der Waals surface area contributed by atoms with E-state index in [4.69, 9.17) is 5.11 Å². The normalized spacial score (nSPS) is 10.4. The van der Waals surface area contributed by atoms with Crippen molar-refractivity contribution in [3.8, 4) is 0 Å². The van der Waals surface area contributed by atoms with Crippen LogP contribution in [0.2, 0.25) is 0 Å². The third-order valence-electron chi connectivity index (χ3n) is 1.89. The van der Waals surface area contributed by atoms with Crippen molar-refractivity contribution in [3.63, 3.8) is 0 Å². The van der Waals surface area contributed by atoms with Crippen LogP contribution in [0.15, 0.2) is 12.1 Å². The molecule has 1 aromatic carbocycles. The zero-order valence-corrected chi connectivity index (χ0v) is 8.27. The molecule has 0 fully saturated rings. The van der Waals surface area contributed by atoms with Crippen molar-refractivity contribution >= 4 is 5.97 Å². The lowest BCUT2D eigenvalue weighted by Crippen LogP contribution is -2.18. The predicted octanol–water partition coefficient (Wildman–Crippen LogP) is 1.67. The smallest absolute Gasteiger partial charge is 0.304 e. The number of halogens is 3. The summed E-state index contributed by atoms with van der Waals surface area (Å²) in [7, 11) is 0. The van der Waals surface area contributed by atoms with Crippen LogP contribution in [0, 0.1) is 17.5 Å². The zero-order valence-electron chi connectivity index (χ0n) is 8.27. The molecule has 0 aliphatic rings. The lowest BCUT2D eigenvalue weighted by molar-refractivity contribution is -0.136. The van der Waals surface area contributed by atoms with Crippen LogP contribution in [0.25, 0.3) is 0 Å². The molecule has 0 unspecified atom stereocenters. The first-order valence-corrected chi connectivity index (χ1v) is 4.56. The zero-order chi connectivity index (χ0) is 12.1. The van der Waals surface area contributed by atoms with E-state index in [0.717, 1.165) is 12.1 Å². The largest absolute Gasteiger partial charge is 0.481 e. The van der Waals surface area contributed by atoms with Crippen LogP contribution >= 0.6 is 0 Å². The first kappa shape index (κ1) is 12.5. The van der Waals surface area contributed by atoms with Crippen LogP contribution in [0.3, 0.4) is 0 Å². The highest BCUT2D eigenvalue weighted by atomic mass is 19.2. The van der Waals surface area contributed by atoms with Gasteiger partial charge in [0.25, 0.3) is 0 Å². The summed E-state index contributed by atoms with van der Waals surface area (Å²) in [6.45, 7) is 0.261. The van der Waals surface area contributed by atoms with Crippen LogP contribution < -0.4 is 5.32 Å². The molecule has 6 heteroatoms. The maximum atomic E-state index is 12.7. The molecule has 3 nitrogen and oxygen atoms in total. The fourth-order valence-corrected chi connectivity index (χ4v) is 1.14. The Kier molecular flexibility index (Phi) is 4.30. The topological polar surface area (TPSA) is 49.3 Å². The summed E-state index contributed by atoms with van der Waals surface area (Å²) in [5.74, 6) is -4.98. The first-order valence-electron chi connectivity index (χ1n) is 4.56. The highest BCUT2D eigenvalue weighted by Crippen LogP contribution is 2.13. The molecule has 0 aliphatic carbocycles. The molecule has 0 heterocycles. The van der Waals surface area contributed by atoms with Crippen molar-refractivity contribution < 1.29 is 23.1 Å². The van der Waals surface area contributed by atoms with Gasteiger partial charge in [0.05, 0.1) is 6.42 Å². The van der Waals surface area contributed by atoms with Crippen molar-refractivity contribution in [3.05, 3.63) is 35.1 Å². The van der Waals surface area contributed by atoms with Gasteiger partial charge in [0.2, 0.25) is 0 Å². The van der Waals surface area contributed by atoms with Gasteiger partial charge in [0.1, 0.15) is 0 Å². The van der Waals surface area contributed by atoms with Gasteiger partial charge in [-0.15, -0.1) is 0 Å². The summed E-state index contributed by atoms with van der Waals surface area (Å²) in [5, 5.41) is 11.0. The maximum absolute atomic E-state index is 12.7. The Morgan fingerprint density at radius 3 is 2.31 bits per heavy atom. The van der Waals surface area contributed by atoms with Crippen LogP contribution in [0.5, 0.6) is 0 Å². The minimum atomic E-state index is -1.51. The Bertz CT molecular complexity index is 373. The van der Waals surface area contributed by atoms with Crippen molar-refractivity contribution in [1.29, 1.82) is 0 Å². The molecule has 0 amide bonds. The van der Waals surface area contributed by atoms with Gasteiger partial charge in [0, 0.05) is 13.1 Å². The first-order chi connectivity index (χ1) is 7.50. The molecule has 0 radical (unpaired) electrons. The second kappa shape index (κ2) is 5.50. The van der Waals surface area contributed by atoms with E-state index in [2.05, 4.69) is 5.32 Å².